The number of rotatable bonds is 17. The van der Waals surface area contributed by atoms with Gasteiger partial charge in [-0.3, -0.25) is 0 Å². The second-order valence-corrected chi connectivity index (χ2v) is 9.74. The topological polar surface area (TPSA) is 80.9 Å². The van der Waals surface area contributed by atoms with E-state index < -0.39 is 12.6 Å². The van der Waals surface area contributed by atoms with E-state index in [0.29, 0.717) is 6.42 Å². The van der Waals surface area contributed by atoms with Crippen LogP contribution in [-0.2, 0) is 0 Å². The normalized spacial score (nSPS) is 14.6. The van der Waals surface area contributed by atoms with Gasteiger partial charge in [0.15, 0.2) is 0 Å². The second-order valence-electron chi connectivity index (χ2n) is 9.74. The molecule has 0 aliphatic rings. The zero-order valence-corrected chi connectivity index (χ0v) is 22.5. The summed E-state index contributed by atoms with van der Waals surface area (Å²) in [4.78, 5) is 0. The van der Waals surface area contributed by atoms with Crippen LogP contribution in [0.1, 0.15) is 106 Å². The second kappa shape index (κ2) is 18.6. The van der Waals surface area contributed by atoms with Crippen molar-refractivity contribution in [2.45, 2.75) is 112 Å². The molecule has 4 heteroatoms. The molecule has 0 aliphatic heterocycles. The number of hydrogen-bond donors (Lipinski definition) is 4. The van der Waals surface area contributed by atoms with Gasteiger partial charge in [0.1, 0.15) is 0 Å². The fourth-order valence-corrected chi connectivity index (χ4v) is 3.53. The van der Waals surface area contributed by atoms with E-state index in [2.05, 4.69) is 65.0 Å². The van der Waals surface area contributed by atoms with Gasteiger partial charge < -0.3 is 20.4 Å². The van der Waals surface area contributed by atoms with Gasteiger partial charge in [0.2, 0.25) is 0 Å². The zero-order valence-electron chi connectivity index (χ0n) is 22.5. The predicted octanol–water partition coefficient (Wildman–Crippen LogP) is 7.19. The first-order valence-corrected chi connectivity index (χ1v) is 12.7. The predicted molar refractivity (Wildman–Crippen MR) is 145 cm³/mol. The Kier molecular flexibility index (Phi) is 17.6. The smallest absolute Gasteiger partial charge is 0.302 e. The first-order valence-electron chi connectivity index (χ1n) is 12.7. The van der Waals surface area contributed by atoms with Crippen LogP contribution in [0.3, 0.4) is 0 Å². The molecular weight excluding hydrogens is 424 g/mol. The summed E-state index contributed by atoms with van der Waals surface area (Å²) in [6.45, 7) is 12.4. The fourth-order valence-electron chi connectivity index (χ4n) is 3.53. The molecule has 0 bridgehead atoms. The molecule has 0 unspecified atom stereocenters. The maximum Gasteiger partial charge on any atom is 0.302 e. The molecule has 0 saturated heterocycles. The SMILES string of the molecule is CC(C)=CCCC(C)=CCCC(C)=CCCC=C(C)CCC=C(C)CCC=C(CO)C(O)(O)O. The molecule has 0 atom stereocenters. The molecule has 4 N–H and O–H groups in total. The summed E-state index contributed by atoms with van der Waals surface area (Å²) >= 11 is 0. The lowest BCUT2D eigenvalue weighted by molar-refractivity contribution is -0.284. The van der Waals surface area contributed by atoms with Crippen molar-refractivity contribution in [3.8, 4) is 0 Å². The number of aliphatic hydroxyl groups is 4. The van der Waals surface area contributed by atoms with Crippen LogP contribution >= 0.6 is 0 Å². The molecule has 0 amide bonds. The summed E-state index contributed by atoms with van der Waals surface area (Å²) in [6.07, 6.45) is 23.1. The summed E-state index contributed by atoms with van der Waals surface area (Å²) in [5.41, 5.74) is 6.77. The molecule has 0 aromatic carbocycles. The van der Waals surface area contributed by atoms with E-state index in [1.807, 2.05) is 6.92 Å². The average molecular weight is 475 g/mol. The largest absolute Gasteiger partial charge is 0.392 e. The Labute approximate surface area is 208 Å². The van der Waals surface area contributed by atoms with Gasteiger partial charge in [0, 0.05) is 5.57 Å². The molecule has 0 aromatic rings. The maximum atomic E-state index is 9.12. The average Bonchev–Trinajstić information content (AvgIpc) is 2.73. The van der Waals surface area contributed by atoms with Crippen LogP contribution in [0.4, 0.5) is 0 Å². The number of unbranched alkanes of at least 4 members (excludes halogenated alkanes) is 1. The Bertz CT molecular complexity index is 751. The monoisotopic (exact) mass is 474 g/mol. The van der Waals surface area contributed by atoms with Crippen molar-refractivity contribution in [3.63, 3.8) is 0 Å². The van der Waals surface area contributed by atoms with Crippen LogP contribution in [0.15, 0.2) is 69.9 Å². The fraction of sp³-hybridized carbons (Fsp3) is 0.600. The molecule has 0 spiro atoms. The highest BCUT2D eigenvalue weighted by molar-refractivity contribution is 5.11. The highest BCUT2D eigenvalue weighted by Crippen LogP contribution is 2.16. The van der Waals surface area contributed by atoms with Crippen LogP contribution in [-0.4, -0.2) is 33.0 Å². The lowest BCUT2D eigenvalue weighted by Crippen LogP contribution is -2.31. The van der Waals surface area contributed by atoms with Crippen LogP contribution in [0.5, 0.6) is 0 Å². The van der Waals surface area contributed by atoms with Crippen LogP contribution < -0.4 is 0 Å². The van der Waals surface area contributed by atoms with Crippen LogP contribution in [0.2, 0.25) is 0 Å². The Morgan fingerprint density at radius 2 is 0.824 bits per heavy atom. The van der Waals surface area contributed by atoms with Gasteiger partial charge in [-0.2, -0.15) is 0 Å². The third-order valence-electron chi connectivity index (χ3n) is 5.84. The van der Waals surface area contributed by atoms with E-state index in [1.165, 1.54) is 33.9 Å². The standard InChI is InChI=1S/C30H50O4/c1-24(2)13-9-16-27(5)19-10-17-25(3)14-7-8-15-26(4)18-11-20-28(6)21-12-22-29(23-31)30(32,33)34/h13-15,19-20,22,31-34H,7-12,16-18,21,23H2,1-6H3. The molecule has 0 rings (SSSR count). The molecule has 34 heavy (non-hydrogen) atoms. The number of hydrogen-bond acceptors (Lipinski definition) is 4. The molecule has 0 heterocycles. The minimum absolute atomic E-state index is 0.190. The van der Waals surface area contributed by atoms with E-state index in [-0.39, 0.29) is 5.57 Å². The molecule has 0 fully saturated rings. The van der Waals surface area contributed by atoms with Crippen molar-refractivity contribution in [2.24, 2.45) is 0 Å². The van der Waals surface area contributed by atoms with Gasteiger partial charge in [-0.25, -0.2) is 0 Å². The minimum atomic E-state index is -2.94. The van der Waals surface area contributed by atoms with Crippen LogP contribution in [0, 0.1) is 0 Å². The molecule has 4 nitrogen and oxygen atoms in total. The lowest BCUT2D eigenvalue weighted by atomic mass is 10.0. The molecule has 0 aromatic heterocycles. The maximum absolute atomic E-state index is 9.12. The third-order valence-corrected chi connectivity index (χ3v) is 5.84. The molecule has 0 radical (unpaired) electrons. The van der Waals surface area contributed by atoms with Gasteiger partial charge >= 0.3 is 5.97 Å². The highest BCUT2D eigenvalue weighted by atomic mass is 16.7. The highest BCUT2D eigenvalue weighted by Gasteiger charge is 2.23. The summed E-state index contributed by atoms with van der Waals surface area (Å²) in [5, 5.41) is 36.4. The van der Waals surface area contributed by atoms with E-state index in [9.17, 15) is 0 Å². The quantitative estimate of drug-likeness (QED) is 0.102. The van der Waals surface area contributed by atoms with Gasteiger partial charge in [0.25, 0.3) is 0 Å². The van der Waals surface area contributed by atoms with Gasteiger partial charge in [-0.05, 0) is 106 Å². The number of aliphatic hydroxyl groups excluding tert-OH is 1. The van der Waals surface area contributed by atoms with Gasteiger partial charge in [0.05, 0.1) is 6.61 Å². The summed E-state index contributed by atoms with van der Waals surface area (Å²) in [5.74, 6) is -2.94. The number of allylic oxidation sites excluding steroid dienone is 11. The van der Waals surface area contributed by atoms with E-state index in [1.54, 1.807) is 0 Å². The summed E-state index contributed by atoms with van der Waals surface area (Å²) < 4.78 is 0. The van der Waals surface area contributed by atoms with E-state index in [0.717, 1.165) is 57.8 Å². The molecule has 0 aliphatic carbocycles. The van der Waals surface area contributed by atoms with Crippen molar-refractivity contribution < 1.29 is 20.4 Å². The summed E-state index contributed by atoms with van der Waals surface area (Å²) in [6, 6.07) is 0. The van der Waals surface area contributed by atoms with Crippen molar-refractivity contribution in [1.29, 1.82) is 0 Å². The minimum Gasteiger partial charge on any atom is -0.392 e. The Balaban J connectivity index is 4.20. The van der Waals surface area contributed by atoms with E-state index in [4.69, 9.17) is 20.4 Å². The zero-order chi connectivity index (χ0) is 26.0. The lowest BCUT2D eigenvalue weighted by Gasteiger charge is -2.16. The van der Waals surface area contributed by atoms with Gasteiger partial charge in [-0.1, -0.05) is 64.3 Å². The third kappa shape index (κ3) is 18.7. The molecular formula is C30H50O4. The van der Waals surface area contributed by atoms with Gasteiger partial charge in [-0.15, -0.1) is 0 Å². The molecule has 194 valence electrons. The van der Waals surface area contributed by atoms with Crippen LogP contribution in [0.25, 0.3) is 0 Å². The van der Waals surface area contributed by atoms with Crippen molar-refractivity contribution in [1.82, 2.24) is 0 Å². The van der Waals surface area contributed by atoms with Crippen molar-refractivity contribution in [3.05, 3.63) is 69.9 Å². The van der Waals surface area contributed by atoms with E-state index >= 15 is 0 Å². The Morgan fingerprint density at radius 1 is 0.500 bits per heavy atom. The first kappa shape index (κ1) is 32.3. The summed E-state index contributed by atoms with van der Waals surface area (Å²) in [7, 11) is 0. The van der Waals surface area contributed by atoms with Crippen molar-refractivity contribution >= 4 is 0 Å². The molecule has 0 saturated carbocycles. The first-order chi connectivity index (χ1) is 16.0. The Hall–Kier alpha value is -1.72. The Morgan fingerprint density at radius 3 is 1.15 bits per heavy atom. The van der Waals surface area contributed by atoms with Crippen molar-refractivity contribution in [2.75, 3.05) is 6.61 Å².